The third-order valence-electron chi connectivity index (χ3n) is 3.86. The van der Waals surface area contributed by atoms with Gasteiger partial charge in [0.05, 0.1) is 0 Å². The van der Waals surface area contributed by atoms with Crippen molar-refractivity contribution in [2.24, 2.45) is 0 Å². The molecule has 0 aliphatic heterocycles. The summed E-state index contributed by atoms with van der Waals surface area (Å²) in [7, 11) is 0. The number of hydrogen-bond acceptors (Lipinski definition) is 2. The lowest BCUT2D eigenvalue weighted by Crippen LogP contribution is -2.04. The summed E-state index contributed by atoms with van der Waals surface area (Å²) in [5.74, 6) is 1.16. The number of benzene rings is 2. The maximum Gasteiger partial charge on any atom is 0.119 e. The predicted octanol–water partition coefficient (Wildman–Crippen LogP) is 6.14. The van der Waals surface area contributed by atoms with Crippen molar-refractivity contribution in [1.29, 1.82) is 0 Å². The van der Waals surface area contributed by atoms with E-state index in [0.717, 1.165) is 10.6 Å². The number of aromatic hydroxyl groups is 2. The molecule has 1 saturated carbocycles. The Balaban J connectivity index is 0.000000188. The Morgan fingerprint density at radius 3 is 1.95 bits per heavy atom. The van der Waals surface area contributed by atoms with Crippen molar-refractivity contribution in [3.05, 3.63) is 58.1 Å². The van der Waals surface area contributed by atoms with Crippen LogP contribution < -0.4 is 0 Å². The first-order valence-electron chi connectivity index (χ1n) is 7.49. The number of hydrogen-bond donors (Lipinski definition) is 2. The molecule has 0 amide bonds. The van der Waals surface area contributed by atoms with Crippen LogP contribution in [0.25, 0.3) is 0 Å². The lowest BCUT2D eigenvalue weighted by Gasteiger charge is -2.22. The molecule has 2 aromatic rings. The molecule has 2 N–H and O–H groups in total. The lowest BCUT2D eigenvalue weighted by atomic mass is 9.84. The van der Waals surface area contributed by atoms with Crippen molar-refractivity contribution in [2.45, 2.75) is 38.0 Å². The summed E-state index contributed by atoms with van der Waals surface area (Å²) in [6, 6.07) is 11.7. The average molecular weight is 339 g/mol. The van der Waals surface area contributed by atoms with Gasteiger partial charge in [0, 0.05) is 10.0 Å². The van der Waals surface area contributed by atoms with E-state index in [1.807, 2.05) is 6.07 Å². The molecule has 4 heteroatoms. The molecular formula is C18H20Cl2O2. The Hall–Kier alpha value is -1.38. The van der Waals surface area contributed by atoms with E-state index in [0.29, 0.717) is 16.7 Å². The summed E-state index contributed by atoms with van der Waals surface area (Å²) in [6.07, 6.45) is 6.26. The van der Waals surface area contributed by atoms with Crippen LogP contribution in [-0.2, 0) is 0 Å². The Labute approximate surface area is 141 Å². The second-order valence-corrected chi connectivity index (χ2v) is 6.39. The number of halogens is 2. The van der Waals surface area contributed by atoms with E-state index in [-0.39, 0.29) is 5.75 Å². The van der Waals surface area contributed by atoms with E-state index in [2.05, 4.69) is 0 Å². The topological polar surface area (TPSA) is 40.5 Å². The van der Waals surface area contributed by atoms with Crippen LogP contribution in [0.3, 0.4) is 0 Å². The van der Waals surface area contributed by atoms with Crippen LogP contribution in [0.2, 0.25) is 10.0 Å². The van der Waals surface area contributed by atoms with Crippen molar-refractivity contribution < 1.29 is 10.2 Å². The van der Waals surface area contributed by atoms with E-state index in [9.17, 15) is 5.11 Å². The zero-order chi connectivity index (χ0) is 15.9. The van der Waals surface area contributed by atoms with Crippen molar-refractivity contribution in [3.8, 4) is 11.5 Å². The van der Waals surface area contributed by atoms with Crippen molar-refractivity contribution in [2.75, 3.05) is 0 Å². The molecule has 2 aromatic carbocycles. The molecule has 1 fully saturated rings. The van der Waals surface area contributed by atoms with Crippen LogP contribution >= 0.6 is 23.2 Å². The lowest BCUT2D eigenvalue weighted by molar-refractivity contribution is 0.414. The van der Waals surface area contributed by atoms with Gasteiger partial charge >= 0.3 is 0 Å². The van der Waals surface area contributed by atoms with Gasteiger partial charge in [-0.3, -0.25) is 0 Å². The van der Waals surface area contributed by atoms with Crippen LogP contribution in [0.4, 0.5) is 0 Å². The second-order valence-electron chi connectivity index (χ2n) is 5.51. The zero-order valence-corrected chi connectivity index (χ0v) is 13.8. The Kier molecular flexibility index (Phi) is 6.41. The minimum atomic E-state index is 0.245. The first-order valence-corrected chi connectivity index (χ1v) is 8.25. The van der Waals surface area contributed by atoms with E-state index in [4.69, 9.17) is 28.3 Å². The molecule has 0 heterocycles. The normalized spacial score (nSPS) is 15.0. The molecular weight excluding hydrogens is 319 g/mol. The van der Waals surface area contributed by atoms with Gasteiger partial charge in [-0.25, -0.2) is 0 Å². The smallest absolute Gasteiger partial charge is 0.119 e. The highest BCUT2D eigenvalue weighted by Gasteiger charge is 2.18. The molecule has 22 heavy (non-hydrogen) atoms. The van der Waals surface area contributed by atoms with Crippen molar-refractivity contribution >= 4 is 23.2 Å². The van der Waals surface area contributed by atoms with Gasteiger partial charge in [0.25, 0.3) is 0 Å². The highest BCUT2D eigenvalue weighted by atomic mass is 35.5. The highest BCUT2D eigenvalue weighted by molar-refractivity contribution is 6.30. The average Bonchev–Trinajstić information content (AvgIpc) is 2.54. The van der Waals surface area contributed by atoms with E-state index < -0.39 is 0 Å². The second kappa shape index (κ2) is 8.30. The fourth-order valence-corrected chi connectivity index (χ4v) is 3.01. The van der Waals surface area contributed by atoms with Gasteiger partial charge in [-0.1, -0.05) is 42.5 Å². The maximum absolute atomic E-state index is 9.73. The third-order valence-corrected chi connectivity index (χ3v) is 4.35. The maximum atomic E-state index is 9.73. The van der Waals surface area contributed by atoms with Crippen LogP contribution in [0.1, 0.15) is 43.6 Å². The molecule has 2 nitrogen and oxygen atoms in total. The molecule has 0 unspecified atom stereocenters. The van der Waals surface area contributed by atoms with E-state index >= 15 is 0 Å². The fraction of sp³-hybridized carbons (Fsp3) is 0.333. The molecule has 0 aromatic heterocycles. The number of phenols is 2. The number of phenolic OH excluding ortho intramolecular Hbond substituents is 2. The largest absolute Gasteiger partial charge is 0.508 e. The monoisotopic (exact) mass is 338 g/mol. The van der Waals surface area contributed by atoms with Gasteiger partial charge in [-0.05, 0) is 66.8 Å². The first-order chi connectivity index (χ1) is 10.6. The SMILES string of the molecule is Oc1ccc(Cl)cc1.Oc1ccc(Cl)cc1C1CCCCC1. The first kappa shape index (κ1) is 17.0. The van der Waals surface area contributed by atoms with Crippen LogP contribution in [-0.4, -0.2) is 10.2 Å². The van der Waals surface area contributed by atoms with E-state index in [1.54, 1.807) is 36.4 Å². The van der Waals surface area contributed by atoms with Gasteiger partial charge in [-0.15, -0.1) is 0 Å². The summed E-state index contributed by atoms with van der Waals surface area (Å²) in [5.41, 5.74) is 1.04. The Morgan fingerprint density at radius 1 is 0.773 bits per heavy atom. The van der Waals surface area contributed by atoms with Gasteiger partial charge < -0.3 is 10.2 Å². The zero-order valence-electron chi connectivity index (χ0n) is 12.3. The molecule has 118 valence electrons. The molecule has 0 radical (unpaired) electrons. The summed E-state index contributed by atoms with van der Waals surface area (Å²) in [4.78, 5) is 0. The number of rotatable bonds is 1. The van der Waals surface area contributed by atoms with Crippen LogP contribution in [0.15, 0.2) is 42.5 Å². The van der Waals surface area contributed by atoms with Crippen LogP contribution in [0, 0.1) is 0 Å². The summed E-state index contributed by atoms with van der Waals surface area (Å²) >= 11 is 11.4. The molecule has 0 spiro atoms. The van der Waals surface area contributed by atoms with Gasteiger partial charge in [0.15, 0.2) is 0 Å². The molecule has 0 saturated heterocycles. The summed E-state index contributed by atoms with van der Waals surface area (Å²) < 4.78 is 0. The van der Waals surface area contributed by atoms with Gasteiger partial charge in [-0.2, -0.15) is 0 Å². The van der Waals surface area contributed by atoms with Gasteiger partial charge in [0.2, 0.25) is 0 Å². The van der Waals surface area contributed by atoms with Crippen LogP contribution in [0.5, 0.6) is 11.5 Å². The minimum absolute atomic E-state index is 0.245. The summed E-state index contributed by atoms with van der Waals surface area (Å²) in [6.45, 7) is 0. The highest BCUT2D eigenvalue weighted by Crippen LogP contribution is 2.37. The standard InChI is InChI=1S/C12H15ClO.C6H5ClO/c13-10-6-7-12(14)11(8-10)9-4-2-1-3-5-9;7-5-1-3-6(8)4-2-5/h6-9,14H,1-5H2;1-4,8H. The van der Waals surface area contributed by atoms with Crippen molar-refractivity contribution in [3.63, 3.8) is 0 Å². The molecule has 3 rings (SSSR count). The molecule has 0 atom stereocenters. The van der Waals surface area contributed by atoms with Crippen molar-refractivity contribution in [1.82, 2.24) is 0 Å². The third kappa shape index (κ3) is 5.11. The summed E-state index contributed by atoms with van der Waals surface area (Å²) in [5, 5.41) is 19.8. The quantitative estimate of drug-likeness (QED) is 0.655. The van der Waals surface area contributed by atoms with E-state index in [1.165, 1.54) is 32.1 Å². The minimum Gasteiger partial charge on any atom is -0.508 e. The fourth-order valence-electron chi connectivity index (χ4n) is 2.71. The molecule has 1 aliphatic rings. The predicted molar refractivity (Wildman–Crippen MR) is 92.1 cm³/mol. The van der Waals surface area contributed by atoms with Gasteiger partial charge in [0.1, 0.15) is 11.5 Å². The molecule has 1 aliphatic carbocycles. The Morgan fingerprint density at radius 2 is 1.36 bits per heavy atom. The Bertz CT molecular complexity index is 570. The molecule has 0 bridgehead atoms.